The largest absolute Gasteiger partial charge is 0.467 e. The summed E-state index contributed by atoms with van der Waals surface area (Å²) < 4.78 is 12.1. The van der Waals surface area contributed by atoms with Crippen LogP contribution in [0.2, 0.25) is 0 Å². The van der Waals surface area contributed by atoms with Crippen molar-refractivity contribution >= 4 is 28.5 Å². The Balaban J connectivity index is 1.66. The van der Waals surface area contributed by atoms with Gasteiger partial charge in [0, 0.05) is 13.2 Å². The molecule has 1 aromatic heterocycles. The number of rotatable bonds is 5. The Kier molecular flexibility index (Phi) is 4.91. The summed E-state index contributed by atoms with van der Waals surface area (Å²) in [5.74, 6) is -0.0167. The predicted octanol–water partition coefficient (Wildman–Crippen LogP) is 4.26. The molecule has 3 aromatic rings. The van der Waals surface area contributed by atoms with E-state index >= 15 is 0 Å². The van der Waals surface area contributed by atoms with Crippen molar-refractivity contribution in [1.82, 2.24) is 4.57 Å². The second-order valence-corrected chi connectivity index (χ2v) is 8.96. The number of esters is 1. The lowest BCUT2D eigenvalue weighted by atomic mass is 9.95. The highest BCUT2D eigenvalue weighted by molar-refractivity contribution is 8.00. The van der Waals surface area contributed by atoms with Crippen LogP contribution in [0.5, 0.6) is 0 Å². The number of thioether (sulfide) groups is 1. The van der Waals surface area contributed by atoms with Crippen molar-refractivity contribution in [3.05, 3.63) is 75.6 Å². The number of hydrogen-bond donors (Lipinski definition) is 0. The van der Waals surface area contributed by atoms with Gasteiger partial charge in [0.15, 0.2) is 6.04 Å². The lowest BCUT2D eigenvalue weighted by Gasteiger charge is -2.18. The van der Waals surface area contributed by atoms with E-state index in [2.05, 4.69) is 30.3 Å². The topological polar surface area (TPSA) is 57.5 Å². The summed E-state index contributed by atoms with van der Waals surface area (Å²) in [6.07, 6.45) is 2.90. The van der Waals surface area contributed by atoms with Gasteiger partial charge in [0.1, 0.15) is 5.44 Å². The van der Waals surface area contributed by atoms with Crippen LogP contribution in [0.25, 0.3) is 10.8 Å². The zero-order valence-electron chi connectivity index (χ0n) is 17.0. The van der Waals surface area contributed by atoms with Crippen LogP contribution in [0.3, 0.4) is 0 Å². The Hall–Kier alpha value is -2.57. The Bertz CT molecular complexity index is 1190. The van der Waals surface area contributed by atoms with E-state index in [0.717, 1.165) is 23.4 Å². The number of ether oxygens (including phenoxy) is 2. The molecule has 1 aliphatic heterocycles. The Morgan fingerprint density at radius 1 is 1.10 bits per heavy atom. The van der Waals surface area contributed by atoms with Crippen molar-refractivity contribution in [3.63, 3.8) is 0 Å². The maximum Gasteiger partial charge on any atom is 0.332 e. The maximum atomic E-state index is 13.2. The molecule has 5 nitrogen and oxygen atoms in total. The molecule has 0 radical (unpaired) electrons. The van der Waals surface area contributed by atoms with Gasteiger partial charge in [-0.25, -0.2) is 4.79 Å². The molecule has 0 spiro atoms. The summed E-state index contributed by atoms with van der Waals surface area (Å²) in [6, 6.07) is 15.6. The lowest BCUT2D eigenvalue weighted by molar-refractivity contribution is -0.147. The molecule has 5 rings (SSSR count). The predicted molar refractivity (Wildman–Crippen MR) is 117 cm³/mol. The minimum absolute atomic E-state index is 0.174. The summed E-state index contributed by atoms with van der Waals surface area (Å²) >= 11 is 1.47. The molecule has 0 amide bonds. The van der Waals surface area contributed by atoms with Gasteiger partial charge in [0.25, 0.3) is 5.56 Å². The minimum Gasteiger partial charge on any atom is -0.467 e. The number of fused-ring (bicyclic) bond motifs is 2. The van der Waals surface area contributed by atoms with Gasteiger partial charge in [0.05, 0.1) is 12.1 Å². The maximum absolute atomic E-state index is 13.2. The van der Waals surface area contributed by atoms with Gasteiger partial charge in [-0.15, -0.1) is 0 Å². The zero-order chi connectivity index (χ0) is 20.8. The minimum atomic E-state index is -0.753. The Labute approximate surface area is 179 Å². The molecule has 30 heavy (non-hydrogen) atoms. The van der Waals surface area contributed by atoms with Gasteiger partial charge in [-0.1, -0.05) is 54.2 Å². The SMILES string of the molecule is COC(=O)[C@@H]1C(OC)Sc2c(C3CC3)c(Cc3cccc4ccccc34)cc(=O)n21. The highest BCUT2D eigenvalue weighted by Crippen LogP contribution is 2.51. The molecular weight excluding hydrogens is 398 g/mol. The number of nitrogens with zero attached hydrogens (tertiary/aromatic N) is 1. The Morgan fingerprint density at radius 2 is 1.87 bits per heavy atom. The first-order chi connectivity index (χ1) is 14.6. The molecule has 0 saturated heterocycles. The first-order valence-electron chi connectivity index (χ1n) is 10.1. The number of carbonyl (C=O) groups is 1. The van der Waals surface area contributed by atoms with Gasteiger partial charge in [-0.3, -0.25) is 9.36 Å². The second-order valence-electron chi connectivity index (χ2n) is 7.88. The van der Waals surface area contributed by atoms with Crippen LogP contribution in [-0.2, 0) is 20.7 Å². The molecule has 6 heteroatoms. The number of aromatic nitrogens is 1. The van der Waals surface area contributed by atoms with Crippen molar-refractivity contribution in [3.8, 4) is 0 Å². The van der Waals surface area contributed by atoms with Crippen molar-refractivity contribution in [2.24, 2.45) is 0 Å². The summed E-state index contributed by atoms with van der Waals surface area (Å²) in [4.78, 5) is 25.6. The zero-order valence-corrected chi connectivity index (χ0v) is 17.8. The normalized spacial score (nSPS) is 20.3. The molecule has 1 unspecified atom stereocenters. The molecule has 1 saturated carbocycles. The quantitative estimate of drug-likeness (QED) is 0.576. The van der Waals surface area contributed by atoms with Crippen molar-refractivity contribution in [1.29, 1.82) is 0 Å². The fourth-order valence-corrected chi connectivity index (χ4v) is 5.88. The third kappa shape index (κ3) is 3.15. The monoisotopic (exact) mass is 421 g/mol. The van der Waals surface area contributed by atoms with Crippen LogP contribution < -0.4 is 5.56 Å². The summed E-state index contributed by atoms with van der Waals surface area (Å²) in [6.45, 7) is 0. The van der Waals surface area contributed by atoms with Crippen LogP contribution in [-0.4, -0.2) is 30.2 Å². The first kappa shape index (κ1) is 19.4. The average molecular weight is 422 g/mol. The van der Waals surface area contributed by atoms with E-state index in [-0.39, 0.29) is 5.56 Å². The van der Waals surface area contributed by atoms with E-state index < -0.39 is 17.4 Å². The van der Waals surface area contributed by atoms with E-state index in [0.29, 0.717) is 12.3 Å². The van der Waals surface area contributed by atoms with Crippen LogP contribution >= 0.6 is 11.8 Å². The molecule has 0 bridgehead atoms. The molecule has 1 aliphatic carbocycles. The molecule has 0 N–H and O–H groups in total. The van der Waals surface area contributed by atoms with E-state index in [1.807, 2.05) is 12.1 Å². The van der Waals surface area contributed by atoms with Crippen LogP contribution in [0.4, 0.5) is 0 Å². The van der Waals surface area contributed by atoms with Gasteiger partial charge >= 0.3 is 5.97 Å². The lowest BCUT2D eigenvalue weighted by Crippen LogP contribution is -2.34. The number of methoxy groups -OCH3 is 2. The molecule has 2 aromatic carbocycles. The van der Waals surface area contributed by atoms with Gasteiger partial charge in [0.2, 0.25) is 0 Å². The van der Waals surface area contributed by atoms with Gasteiger partial charge in [-0.05, 0) is 52.6 Å². The number of hydrogen-bond acceptors (Lipinski definition) is 5. The summed E-state index contributed by atoms with van der Waals surface area (Å²) in [5, 5.41) is 3.26. The molecule has 2 aliphatic rings. The molecular formula is C24H23NO4S. The molecule has 2 atom stereocenters. The standard InChI is InChI=1S/C24H23NO4S/c1-28-23(27)21-24(29-2)30-22-20(15-10-11-15)17(13-19(26)25(21)22)12-16-8-5-7-14-6-3-4-9-18(14)16/h3-9,13,15,21,24H,10-12H2,1-2H3/t21-,24?/m1/s1. The molecule has 1 fully saturated rings. The smallest absolute Gasteiger partial charge is 0.332 e. The molecule has 154 valence electrons. The van der Waals surface area contributed by atoms with Crippen LogP contribution in [0, 0.1) is 0 Å². The highest BCUT2D eigenvalue weighted by atomic mass is 32.2. The molecule has 2 heterocycles. The highest BCUT2D eigenvalue weighted by Gasteiger charge is 2.44. The fourth-order valence-electron chi connectivity index (χ4n) is 4.46. The number of benzene rings is 2. The van der Waals surface area contributed by atoms with Crippen LogP contribution in [0.15, 0.2) is 58.4 Å². The number of carbonyl (C=O) groups excluding carboxylic acids is 1. The van der Waals surface area contributed by atoms with E-state index in [9.17, 15) is 9.59 Å². The average Bonchev–Trinajstić information content (AvgIpc) is 3.52. The fraction of sp³-hybridized carbons (Fsp3) is 0.333. The number of pyridine rings is 1. The Morgan fingerprint density at radius 3 is 2.60 bits per heavy atom. The summed E-state index contributed by atoms with van der Waals surface area (Å²) in [5.41, 5.74) is 2.82. The van der Waals surface area contributed by atoms with Gasteiger partial charge < -0.3 is 9.47 Å². The second kappa shape index (κ2) is 7.60. The first-order valence-corrected chi connectivity index (χ1v) is 11.0. The van der Waals surface area contributed by atoms with Crippen molar-refractivity contribution in [2.45, 2.75) is 41.7 Å². The van der Waals surface area contributed by atoms with E-state index in [1.54, 1.807) is 17.7 Å². The third-order valence-corrected chi connectivity index (χ3v) is 7.34. The summed E-state index contributed by atoms with van der Waals surface area (Å²) in [7, 11) is 2.91. The van der Waals surface area contributed by atoms with Crippen molar-refractivity contribution in [2.75, 3.05) is 14.2 Å². The van der Waals surface area contributed by atoms with Gasteiger partial charge in [-0.2, -0.15) is 0 Å². The van der Waals surface area contributed by atoms with E-state index in [1.165, 1.54) is 40.8 Å². The van der Waals surface area contributed by atoms with Crippen molar-refractivity contribution < 1.29 is 14.3 Å². The third-order valence-electron chi connectivity index (χ3n) is 6.02. The van der Waals surface area contributed by atoms with Crippen LogP contribution in [0.1, 0.15) is 41.5 Å². The van der Waals surface area contributed by atoms with E-state index in [4.69, 9.17) is 9.47 Å².